The van der Waals surface area contributed by atoms with Gasteiger partial charge in [0.1, 0.15) is 5.82 Å². The van der Waals surface area contributed by atoms with Crippen LogP contribution in [0.25, 0.3) is 0 Å². The summed E-state index contributed by atoms with van der Waals surface area (Å²) in [6.45, 7) is 0. The van der Waals surface area contributed by atoms with E-state index in [1.165, 1.54) is 18.2 Å². The molecule has 0 aliphatic heterocycles. The summed E-state index contributed by atoms with van der Waals surface area (Å²) in [5.41, 5.74) is 6.61. The summed E-state index contributed by atoms with van der Waals surface area (Å²) in [7, 11) is 0. The molecule has 3 unspecified atom stereocenters. The zero-order chi connectivity index (χ0) is 15.6. The van der Waals surface area contributed by atoms with E-state index in [0.717, 1.165) is 0 Å². The summed E-state index contributed by atoms with van der Waals surface area (Å²) in [4.78, 5) is 0. The predicted octanol–water partition coefficient (Wildman–Crippen LogP) is 4.72. The van der Waals surface area contributed by atoms with Crippen LogP contribution in [0.2, 0.25) is 5.02 Å². The van der Waals surface area contributed by atoms with Crippen LogP contribution in [0.5, 0.6) is 0 Å². The Morgan fingerprint density at radius 3 is 2.67 bits per heavy atom. The molecule has 2 rings (SSSR count). The van der Waals surface area contributed by atoms with Crippen LogP contribution in [0.3, 0.4) is 0 Å². The van der Waals surface area contributed by atoms with Crippen molar-refractivity contribution in [2.75, 3.05) is 0 Å². The Morgan fingerprint density at radius 1 is 1.29 bits per heavy atom. The molecule has 1 aliphatic carbocycles. The Labute approximate surface area is 126 Å². The Morgan fingerprint density at radius 2 is 2.00 bits per heavy atom. The first kappa shape index (κ1) is 16.6. The minimum Gasteiger partial charge on any atom is -0.327 e. The van der Waals surface area contributed by atoms with Crippen molar-refractivity contribution in [3.8, 4) is 0 Å². The van der Waals surface area contributed by atoms with Gasteiger partial charge >= 0.3 is 6.18 Å². The van der Waals surface area contributed by atoms with Gasteiger partial charge in [0, 0.05) is 11.1 Å². The second kappa shape index (κ2) is 6.53. The van der Waals surface area contributed by atoms with Crippen molar-refractivity contribution in [2.45, 2.75) is 44.3 Å². The summed E-state index contributed by atoms with van der Waals surface area (Å²) in [5.74, 6) is -1.89. The Hall–Kier alpha value is -0.810. The topological polar surface area (TPSA) is 26.0 Å². The van der Waals surface area contributed by atoms with E-state index >= 15 is 0 Å². The molecule has 1 saturated carbocycles. The lowest BCUT2D eigenvalue weighted by Crippen LogP contribution is -2.38. The molecule has 3 atom stereocenters. The highest BCUT2D eigenvalue weighted by Crippen LogP contribution is 2.41. The van der Waals surface area contributed by atoms with Crippen molar-refractivity contribution in [3.63, 3.8) is 0 Å². The Kier molecular flexibility index (Phi) is 5.15. The Bertz CT molecular complexity index is 489. The molecule has 2 N–H and O–H groups in total. The van der Waals surface area contributed by atoms with Crippen molar-refractivity contribution in [3.05, 3.63) is 34.6 Å². The van der Waals surface area contributed by atoms with Crippen LogP contribution in [-0.2, 0) is 6.42 Å². The third-order valence-electron chi connectivity index (χ3n) is 4.25. The zero-order valence-corrected chi connectivity index (χ0v) is 12.2. The van der Waals surface area contributed by atoms with Crippen molar-refractivity contribution >= 4 is 11.6 Å². The summed E-state index contributed by atoms with van der Waals surface area (Å²) >= 11 is 5.98. The van der Waals surface area contributed by atoms with E-state index in [4.69, 9.17) is 17.3 Å². The lowest BCUT2D eigenvalue weighted by atomic mass is 9.76. The lowest BCUT2D eigenvalue weighted by Gasteiger charge is -2.34. The average molecular weight is 324 g/mol. The van der Waals surface area contributed by atoms with E-state index in [1.807, 2.05) is 0 Å². The molecule has 1 aromatic rings. The van der Waals surface area contributed by atoms with Crippen molar-refractivity contribution in [1.82, 2.24) is 0 Å². The van der Waals surface area contributed by atoms with Crippen molar-refractivity contribution in [2.24, 2.45) is 17.6 Å². The maximum absolute atomic E-state index is 13.2. The van der Waals surface area contributed by atoms with Crippen molar-refractivity contribution in [1.29, 1.82) is 0 Å². The van der Waals surface area contributed by atoms with Gasteiger partial charge in [-0.3, -0.25) is 0 Å². The molecule has 118 valence electrons. The second-order valence-electron chi connectivity index (χ2n) is 5.77. The number of benzene rings is 1. The second-order valence-corrected chi connectivity index (χ2v) is 6.18. The van der Waals surface area contributed by atoms with E-state index in [1.54, 1.807) is 0 Å². The minimum absolute atomic E-state index is 0.0532. The lowest BCUT2D eigenvalue weighted by molar-refractivity contribution is -0.186. The smallest absolute Gasteiger partial charge is 0.327 e. The predicted molar refractivity (Wildman–Crippen MR) is 74.6 cm³/mol. The summed E-state index contributed by atoms with van der Waals surface area (Å²) in [6.07, 6.45) is -2.42. The van der Waals surface area contributed by atoms with Crippen LogP contribution in [-0.4, -0.2) is 12.2 Å². The molecule has 21 heavy (non-hydrogen) atoms. The summed E-state index contributed by atoms with van der Waals surface area (Å²) in [5, 5.41) is 0.398. The summed E-state index contributed by atoms with van der Waals surface area (Å²) < 4.78 is 51.6. The largest absolute Gasteiger partial charge is 0.391 e. The van der Waals surface area contributed by atoms with E-state index in [0.29, 0.717) is 29.8 Å². The molecule has 1 aliphatic rings. The van der Waals surface area contributed by atoms with Gasteiger partial charge in [-0.2, -0.15) is 13.2 Å². The highest BCUT2D eigenvalue weighted by molar-refractivity contribution is 6.31. The number of alkyl halides is 3. The molecule has 0 radical (unpaired) electrons. The maximum atomic E-state index is 13.2. The fraction of sp³-hybridized carbons (Fsp3) is 0.600. The van der Waals surface area contributed by atoms with Crippen LogP contribution in [0.4, 0.5) is 17.6 Å². The van der Waals surface area contributed by atoms with Gasteiger partial charge in [0.25, 0.3) is 0 Å². The highest BCUT2D eigenvalue weighted by Gasteiger charge is 2.43. The van der Waals surface area contributed by atoms with Gasteiger partial charge in [0.15, 0.2) is 0 Å². The summed E-state index contributed by atoms with van der Waals surface area (Å²) in [6, 6.07) is 3.55. The molecular formula is C15H18ClF4N. The van der Waals surface area contributed by atoms with E-state index in [9.17, 15) is 17.6 Å². The number of rotatable bonds is 3. The molecule has 6 heteroatoms. The van der Waals surface area contributed by atoms with Gasteiger partial charge in [0.2, 0.25) is 0 Å². The molecule has 1 fully saturated rings. The van der Waals surface area contributed by atoms with Crippen LogP contribution in [0.15, 0.2) is 18.2 Å². The molecule has 0 saturated heterocycles. The van der Waals surface area contributed by atoms with Gasteiger partial charge in [-0.25, -0.2) is 4.39 Å². The number of hydrogen-bond donors (Lipinski definition) is 1. The minimum atomic E-state index is -4.16. The monoisotopic (exact) mass is 323 g/mol. The molecule has 0 spiro atoms. The first-order valence-corrected chi connectivity index (χ1v) is 7.41. The number of halogens is 5. The van der Waals surface area contributed by atoms with E-state index < -0.39 is 24.0 Å². The third-order valence-corrected chi connectivity index (χ3v) is 4.62. The molecule has 0 amide bonds. The fourth-order valence-corrected chi connectivity index (χ4v) is 3.23. The zero-order valence-electron chi connectivity index (χ0n) is 11.5. The normalized spacial score (nSPS) is 24.9. The molecule has 1 aromatic carbocycles. The quantitative estimate of drug-likeness (QED) is 0.800. The van der Waals surface area contributed by atoms with Crippen molar-refractivity contribution < 1.29 is 17.6 Å². The fourth-order valence-electron chi connectivity index (χ4n) is 3.03. The van der Waals surface area contributed by atoms with Crippen LogP contribution >= 0.6 is 11.6 Å². The van der Waals surface area contributed by atoms with Crippen LogP contribution in [0.1, 0.15) is 31.2 Å². The van der Waals surface area contributed by atoms with Gasteiger partial charge in [-0.15, -0.1) is 0 Å². The van der Waals surface area contributed by atoms with Gasteiger partial charge in [0.05, 0.1) is 5.92 Å². The van der Waals surface area contributed by atoms with E-state index in [2.05, 4.69) is 0 Å². The standard InChI is InChI=1S/C15H18ClF4N/c16-13-5-4-12(17)7-10(13)8-14(21)9-2-1-3-11(6-9)15(18,19)20/h4-5,7,9,11,14H,1-3,6,8,21H2. The first-order valence-electron chi connectivity index (χ1n) is 7.03. The Balaban J connectivity index is 2.02. The highest BCUT2D eigenvalue weighted by atomic mass is 35.5. The van der Waals surface area contributed by atoms with Gasteiger partial charge < -0.3 is 5.73 Å². The SMILES string of the molecule is NC(Cc1cc(F)ccc1Cl)C1CCCC(C(F)(F)F)C1. The molecule has 0 aromatic heterocycles. The third kappa shape index (κ3) is 4.33. The number of nitrogens with two attached hydrogens (primary N) is 1. The molecular weight excluding hydrogens is 306 g/mol. The number of hydrogen-bond acceptors (Lipinski definition) is 1. The first-order chi connectivity index (χ1) is 9.77. The molecule has 0 heterocycles. The van der Waals surface area contributed by atoms with E-state index in [-0.39, 0.29) is 18.8 Å². The van der Waals surface area contributed by atoms with Crippen LogP contribution in [0, 0.1) is 17.7 Å². The van der Waals surface area contributed by atoms with Gasteiger partial charge in [-0.1, -0.05) is 18.0 Å². The molecule has 1 nitrogen and oxygen atoms in total. The average Bonchev–Trinajstić information content (AvgIpc) is 2.42. The van der Waals surface area contributed by atoms with Crippen LogP contribution < -0.4 is 5.73 Å². The maximum Gasteiger partial charge on any atom is 0.391 e. The molecule has 0 bridgehead atoms. The van der Waals surface area contributed by atoms with Gasteiger partial charge in [-0.05, 0) is 55.4 Å².